The molecule has 0 unspecified atom stereocenters. The predicted molar refractivity (Wildman–Crippen MR) is 146 cm³/mol. The maximum atomic E-state index is 2.52. The minimum atomic E-state index is 0.347. The van der Waals surface area contributed by atoms with E-state index in [9.17, 15) is 0 Å². The van der Waals surface area contributed by atoms with Crippen molar-refractivity contribution in [3.8, 4) is 30.0 Å². The molecule has 0 aliphatic heterocycles. The molecule has 3 heterocycles. The molecule has 0 bridgehead atoms. The molecule has 0 nitrogen and oxygen atoms in total. The number of rotatable bonds is 3. The van der Waals surface area contributed by atoms with E-state index in [0.717, 1.165) is 0 Å². The Morgan fingerprint density at radius 1 is 0.333 bits per heavy atom. The third kappa shape index (κ3) is 3.40. The molecule has 0 spiro atoms. The van der Waals surface area contributed by atoms with E-state index in [-0.39, 0.29) is 0 Å². The summed E-state index contributed by atoms with van der Waals surface area (Å²) in [6.45, 7) is 0. The van der Waals surface area contributed by atoms with Gasteiger partial charge >= 0.3 is 212 Å². The van der Waals surface area contributed by atoms with E-state index in [1.54, 1.807) is 12.8 Å². The summed E-state index contributed by atoms with van der Waals surface area (Å²) < 4.78 is 9.41. The second-order valence-electron chi connectivity index (χ2n) is 8.16. The van der Waals surface area contributed by atoms with Gasteiger partial charge in [-0.3, -0.25) is 0 Å². The first-order chi connectivity index (χ1) is 16.3. The summed E-state index contributed by atoms with van der Waals surface area (Å²) >= 11 is 1.04. The van der Waals surface area contributed by atoms with Crippen molar-refractivity contribution in [2.24, 2.45) is 0 Å². The van der Waals surface area contributed by atoms with Crippen LogP contribution in [0.5, 0.6) is 0 Å². The van der Waals surface area contributed by atoms with Gasteiger partial charge in [-0.25, -0.2) is 0 Å². The van der Waals surface area contributed by atoms with Crippen LogP contribution in [0.25, 0.3) is 58.9 Å². The summed E-state index contributed by atoms with van der Waals surface area (Å²) in [4.78, 5) is 0. The molecule has 3 heteroatoms. The molecule has 0 fully saturated rings. The molecule has 156 valence electrons. The standard InChI is InChI=1S/C30H18Se3/c1-4-10-19(11-5-1)25-16-22-28(31-25)23-17-26(20-12-6-2-7-13-20)33-30(23)24-18-27(32-29(22)24)21-14-8-3-9-15-21/h1-18H. The Hall–Kier alpha value is -2.34. The molecule has 0 N–H and O–H groups in total. The van der Waals surface area contributed by atoms with Gasteiger partial charge < -0.3 is 0 Å². The Bertz CT molecular complexity index is 1430. The first-order valence-electron chi connectivity index (χ1n) is 10.9. The molecule has 0 radical (unpaired) electrons. The summed E-state index contributed by atoms with van der Waals surface area (Å²) in [5.74, 6) is 0. The van der Waals surface area contributed by atoms with Gasteiger partial charge in [0.05, 0.1) is 0 Å². The second kappa shape index (κ2) is 8.15. The quantitative estimate of drug-likeness (QED) is 0.183. The normalized spacial score (nSPS) is 11.6. The number of hydrogen-bond acceptors (Lipinski definition) is 0. The van der Waals surface area contributed by atoms with Gasteiger partial charge in [0.15, 0.2) is 0 Å². The van der Waals surface area contributed by atoms with Gasteiger partial charge in [0.2, 0.25) is 0 Å². The van der Waals surface area contributed by atoms with Crippen LogP contribution in [0, 0.1) is 0 Å². The fraction of sp³-hybridized carbons (Fsp3) is 0. The summed E-state index contributed by atoms with van der Waals surface area (Å²) in [7, 11) is 0. The second-order valence-corrected chi connectivity index (χ2v) is 14.8. The summed E-state index contributed by atoms with van der Waals surface area (Å²) in [6.07, 6.45) is 0. The molecule has 0 aliphatic carbocycles. The van der Waals surface area contributed by atoms with Gasteiger partial charge in [0, 0.05) is 0 Å². The van der Waals surface area contributed by atoms with E-state index in [1.165, 1.54) is 46.2 Å². The first-order valence-corrected chi connectivity index (χ1v) is 16.1. The van der Waals surface area contributed by atoms with Gasteiger partial charge in [-0.05, 0) is 0 Å². The topological polar surface area (TPSA) is 0 Å². The number of fused-ring (bicyclic) bond motifs is 6. The zero-order valence-corrected chi connectivity index (χ0v) is 22.8. The molecule has 0 atom stereocenters. The molecule has 0 saturated carbocycles. The number of benzene rings is 4. The fourth-order valence-electron chi connectivity index (χ4n) is 4.51. The van der Waals surface area contributed by atoms with Crippen molar-refractivity contribution >= 4 is 72.4 Å². The molecule has 7 aromatic rings. The van der Waals surface area contributed by atoms with Crippen molar-refractivity contribution in [2.75, 3.05) is 0 Å². The van der Waals surface area contributed by atoms with Crippen LogP contribution in [-0.2, 0) is 0 Å². The van der Waals surface area contributed by atoms with E-state index in [1.807, 2.05) is 0 Å². The van der Waals surface area contributed by atoms with Gasteiger partial charge in [0.25, 0.3) is 0 Å². The van der Waals surface area contributed by atoms with Crippen LogP contribution in [0.2, 0.25) is 0 Å². The van der Waals surface area contributed by atoms with Gasteiger partial charge in [-0.15, -0.1) is 0 Å². The monoisotopic (exact) mass is 618 g/mol. The van der Waals surface area contributed by atoms with E-state index < -0.39 is 0 Å². The van der Waals surface area contributed by atoms with Gasteiger partial charge in [0.1, 0.15) is 0 Å². The molecular weight excluding hydrogens is 597 g/mol. The number of hydrogen-bond donors (Lipinski definition) is 0. The fourth-order valence-corrected chi connectivity index (χ4v) is 13.0. The molecule has 0 aliphatic rings. The Balaban J connectivity index is 1.57. The maximum absolute atomic E-state index is 2.52. The van der Waals surface area contributed by atoms with E-state index in [2.05, 4.69) is 109 Å². The third-order valence-electron chi connectivity index (χ3n) is 6.11. The van der Waals surface area contributed by atoms with Crippen LogP contribution in [0.1, 0.15) is 0 Å². The van der Waals surface area contributed by atoms with E-state index >= 15 is 0 Å². The van der Waals surface area contributed by atoms with Crippen LogP contribution < -0.4 is 0 Å². The van der Waals surface area contributed by atoms with Crippen molar-refractivity contribution in [3.63, 3.8) is 0 Å². The van der Waals surface area contributed by atoms with Crippen LogP contribution in [0.15, 0.2) is 109 Å². The first kappa shape index (κ1) is 20.1. The Morgan fingerprint density at radius 2 is 0.606 bits per heavy atom. The Labute approximate surface area is 210 Å². The summed E-state index contributed by atoms with van der Waals surface area (Å²) in [6, 6.07) is 40.5. The van der Waals surface area contributed by atoms with E-state index in [4.69, 9.17) is 0 Å². The van der Waals surface area contributed by atoms with Gasteiger partial charge in [-0.1, -0.05) is 0 Å². The average Bonchev–Trinajstić information content (AvgIpc) is 3.62. The molecule has 7 rings (SSSR count). The van der Waals surface area contributed by atoms with Crippen LogP contribution >= 0.6 is 0 Å². The van der Waals surface area contributed by atoms with Crippen molar-refractivity contribution < 1.29 is 0 Å². The minimum absolute atomic E-state index is 0.347. The van der Waals surface area contributed by atoms with E-state index in [0.29, 0.717) is 43.5 Å². The zero-order chi connectivity index (χ0) is 21.8. The van der Waals surface area contributed by atoms with Crippen molar-refractivity contribution in [1.29, 1.82) is 0 Å². The molecule has 33 heavy (non-hydrogen) atoms. The van der Waals surface area contributed by atoms with Crippen LogP contribution in [0.3, 0.4) is 0 Å². The summed E-state index contributed by atoms with van der Waals surface area (Å²) in [5.41, 5.74) is 4.15. The molecule has 0 saturated heterocycles. The Morgan fingerprint density at radius 3 is 0.879 bits per heavy atom. The van der Waals surface area contributed by atoms with Crippen LogP contribution in [0.4, 0.5) is 0 Å². The molecule has 3 aromatic heterocycles. The average molecular weight is 615 g/mol. The molecule has 0 amide bonds. The van der Waals surface area contributed by atoms with Crippen molar-refractivity contribution in [2.45, 2.75) is 0 Å². The summed E-state index contributed by atoms with van der Waals surface area (Å²) in [5, 5.41) is 4.60. The Kier molecular flexibility index (Phi) is 4.96. The van der Waals surface area contributed by atoms with Crippen LogP contribution in [-0.4, -0.2) is 43.5 Å². The SMILES string of the molecule is c1ccc(-c2cc3c([se]2)c2cc(-c4ccccc4)[se]c2c2cc(-c4ccccc4)[se]c32)cc1. The van der Waals surface area contributed by atoms with Crippen molar-refractivity contribution in [1.82, 2.24) is 0 Å². The predicted octanol–water partition coefficient (Wildman–Crippen LogP) is 7.32. The molecule has 4 aromatic carbocycles. The van der Waals surface area contributed by atoms with Gasteiger partial charge in [-0.2, -0.15) is 0 Å². The molecular formula is C30H18Se3. The third-order valence-corrected chi connectivity index (χ3v) is 13.8. The van der Waals surface area contributed by atoms with Crippen molar-refractivity contribution in [3.05, 3.63) is 109 Å². The zero-order valence-electron chi connectivity index (χ0n) is 17.6.